The van der Waals surface area contributed by atoms with Gasteiger partial charge in [0.1, 0.15) is 11.5 Å². The van der Waals surface area contributed by atoms with Crippen molar-refractivity contribution in [3.8, 4) is 5.75 Å². The number of aliphatic hydroxyl groups excluding tert-OH is 1. The Morgan fingerprint density at radius 2 is 1.64 bits per heavy atom. The molecule has 1 saturated heterocycles. The van der Waals surface area contributed by atoms with Gasteiger partial charge in [-0.2, -0.15) is 0 Å². The van der Waals surface area contributed by atoms with Gasteiger partial charge in [0.15, 0.2) is 11.6 Å². The molecule has 0 bridgehead atoms. The van der Waals surface area contributed by atoms with Crippen molar-refractivity contribution < 1.29 is 28.2 Å². The molecule has 6 nitrogen and oxygen atoms in total. The number of ether oxygens (including phenoxy) is 1. The second kappa shape index (κ2) is 10.2. The first kappa shape index (κ1) is 24.9. The fourth-order valence-corrected chi connectivity index (χ4v) is 4.49. The zero-order valence-corrected chi connectivity index (χ0v) is 20.2. The van der Waals surface area contributed by atoms with Gasteiger partial charge in [-0.3, -0.25) is 14.5 Å². The number of aliphatic hydroxyl groups is 1. The van der Waals surface area contributed by atoms with Crippen molar-refractivity contribution in [2.24, 2.45) is 0 Å². The van der Waals surface area contributed by atoms with Crippen LogP contribution in [0.4, 0.5) is 20.2 Å². The Kier molecular flexibility index (Phi) is 7.05. The monoisotopic (exact) mass is 492 g/mol. The van der Waals surface area contributed by atoms with Crippen molar-refractivity contribution in [2.75, 3.05) is 30.0 Å². The third kappa shape index (κ3) is 4.30. The quantitative estimate of drug-likeness (QED) is 0.270. The van der Waals surface area contributed by atoms with E-state index in [9.17, 15) is 23.5 Å². The number of methoxy groups -OCH3 is 1. The number of para-hydroxylation sites is 1. The molecule has 1 heterocycles. The lowest BCUT2D eigenvalue weighted by atomic mass is 9.94. The van der Waals surface area contributed by atoms with Gasteiger partial charge < -0.3 is 14.7 Å². The van der Waals surface area contributed by atoms with E-state index in [0.29, 0.717) is 11.3 Å². The van der Waals surface area contributed by atoms with Crippen molar-refractivity contribution in [1.29, 1.82) is 0 Å². The normalized spacial score (nSPS) is 16.9. The number of benzene rings is 3. The zero-order chi connectivity index (χ0) is 26.0. The lowest BCUT2D eigenvalue weighted by Crippen LogP contribution is -2.29. The molecule has 1 N–H and O–H groups in total. The van der Waals surface area contributed by atoms with Crippen LogP contribution in [0, 0.1) is 11.6 Å². The van der Waals surface area contributed by atoms with Gasteiger partial charge in [-0.05, 0) is 55.8 Å². The predicted octanol–water partition coefficient (Wildman–Crippen LogP) is 5.45. The van der Waals surface area contributed by atoms with Crippen LogP contribution in [-0.2, 0) is 9.59 Å². The molecule has 1 fully saturated rings. The summed E-state index contributed by atoms with van der Waals surface area (Å²) >= 11 is 0. The lowest BCUT2D eigenvalue weighted by molar-refractivity contribution is -0.132. The Morgan fingerprint density at radius 3 is 2.25 bits per heavy atom. The van der Waals surface area contributed by atoms with Gasteiger partial charge in [-0.25, -0.2) is 8.78 Å². The minimum Gasteiger partial charge on any atom is -0.507 e. The second-order valence-electron chi connectivity index (χ2n) is 8.23. The molecule has 1 amide bonds. The number of rotatable bonds is 7. The molecule has 1 atom stereocenters. The van der Waals surface area contributed by atoms with E-state index in [0.717, 1.165) is 35.8 Å². The number of Topliss-reactive ketones (excluding diaryl/α,β-unsaturated/α-hetero) is 1. The number of hydrogen-bond acceptors (Lipinski definition) is 5. The number of amides is 1. The van der Waals surface area contributed by atoms with E-state index in [1.807, 2.05) is 26.0 Å². The molecule has 0 aliphatic carbocycles. The maximum atomic E-state index is 14.1. The summed E-state index contributed by atoms with van der Waals surface area (Å²) in [6, 6.07) is 15.7. The molecule has 1 unspecified atom stereocenters. The van der Waals surface area contributed by atoms with E-state index in [1.54, 1.807) is 36.4 Å². The molecule has 0 saturated carbocycles. The highest BCUT2D eigenvalue weighted by molar-refractivity contribution is 6.51. The SMILES string of the molecule is CCN(CC)c1ccc(C2/C(=C(\O)c3ccccc3OC)C(=O)C(=O)N2c2ccc(F)c(F)c2)cc1. The highest BCUT2D eigenvalue weighted by Gasteiger charge is 2.47. The average Bonchev–Trinajstić information content (AvgIpc) is 3.16. The number of anilines is 2. The number of hydrogen-bond donors (Lipinski definition) is 1. The highest BCUT2D eigenvalue weighted by atomic mass is 19.2. The summed E-state index contributed by atoms with van der Waals surface area (Å²) in [5.41, 5.74) is 1.51. The zero-order valence-electron chi connectivity index (χ0n) is 20.2. The molecule has 186 valence electrons. The molecule has 0 radical (unpaired) electrons. The summed E-state index contributed by atoms with van der Waals surface area (Å²) in [6.45, 7) is 5.64. The first-order valence-electron chi connectivity index (χ1n) is 11.6. The van der Waals surface area contributed by atoms with Crippen LogP contribution in [0.1, 0.15) is 31.0 Å². The summed E-state index contributed by atoms with van der Waals surface area (Å²) in [5.74, 6) is -4.26. The standard InChI is InChI=1S/C28H26F2N2O4/c1-4-31(5-2)18-12-10-17(11-13-18)25-24(26(33)20-8-6-7-9-23(20)36-3)27(34)28(35)32(25)19-14-15-21(29)22(30)16-19/h6-16,25,33H,4-5H2,1-3H3/b26-24+. The second-order valence-corrected chi connectivity index (χ2v) is 8.23. The summed E-state index contributed by atoms with van der Waals surface area (Å²) in [4.78, 5) is 29.7. The van der Waals surface area contributed by atoms with Gasteiger partial charge in [-0.15, -0.1) is 0 Å². The molecule has 3 aromatic carbocycles. The highest BCUT2D eigenvalue weighted by Crippen LogP contribution is 2.43. The molecule has 1 aliphatic rings. The van der Waals surface area contributed by atoms with E-state index in [2.05, 4.69) is 4.90 Å². The topological polar surface area (TPSA) is 70.1 Å². The van der Waals surface area contributed by atoms with E-state index in [1.165, 1.54) is 13.2 Å². The molecule has 8 heteroatoms. The van der Waals surface area contributed by atoms with Crippen molar-refractivity contribution in [1.82, 2.24) is 0 Å². The molecule has 0 aromatic heterocycles. The first-order chi connectivity index (χ1) is 17.3. The largest absolute Gasteiger partial charge is 0.507 e. The minimum atomic E-state index is -1.16. The van der Waals surface area contributed by atoms with Gasteiger partial charge in [0.05, 0.1) is 24.3 Å². The van der Waals surface area contributed by atoms with Crippen LogP contribution in [0.25, 0.3) is 5.76 Å². The van der Waals surface area contributed by atoms with Crippen LogP contribution in [0.5, 0.6) is 5.75 Å². The fraction of sp³-hybridized carbons (Fsp3) is 0.214. The summed E-state index contributed by atoms with van der Waals surface area (Å²) in [7, 11) is 1.43. The predicted molar refractivity (Wildman–Crippen MR) is 134 cm³/mol. The molecular weight excluding hydrogens is 466 g/mol. The average molecular weight is 493 g/mol. The summed E-state index contributed by atoms with van der Waals surface area (Å²) in [6.07, 6.45) is 0. The molecule has 36 heavy (non-hydrogen) atoms. The Hall–Kier alpha value is -4.20. The van der Waals surface area contributed by atoms with Crippen LogP contribution >= 0.6 is 0 Å². The third-order valence-electron chi connectivity index (χ3n) is 6.33. The molecule has 1 aliphatic heterocycles. The van der Waals surface area contributed by atoms with Gasteiger partial charge in [0, 0.05) is 30.5 Å². The van der Waals surface area contributed by atoms with Crippen molar-refractivity contribution in [2.45, 2.75) is 19.9 Å². The van der Waals surface area contributed by atoms with E-state index in [-0.39, 0.29) is 16.8 Å². The van der Waals surface area contributed by atoms with Crippen molar-refractivity contribution >= 4 is 28.8 Å². The van der Waals surface area contributed by atoms with Crippen LogP contribution in [0.3, 0.4) is 0 Å². The summed E-state index contributed by atoms with van der Waals surface area (Å²) in [5, 5.41) is 11.3. The maximum Gasteiger partial charge on any atom is 0.300 e. The van der Waals surface area contributed by atoms with Gasteiger partial charge in [0.25, 0.3) is 11.7 Å². The fourth-order valence-electron chi connectivity index (χ4n) is 4.49. The molecule has 3 aromatic rings. The smallest absolute Gasteiger partial charge is 0.300 e. The van der Waals surface area contributed by atoms with Crippen LogP contribution in [0.2, 0.25) is 0 Å². The van der Waals surface area contributed by atoms with E-state index < -0.39 is 35.1 Å². The Balaban J connectivity index is 1.94. The summed E-state index contributed by atoms with van der Waals surface area (Å²) < 4.78 is 33.1. The Morgan fingerprint density at radius 1 is 0.972 bits per heavy atom. The number of halogens is 2. The van der Waals surface area contributed by atoms with Crippen molar-refractivity contribution in [3.63, 3.8) is 0 Å². The third-order valence-corrected chi connectivity index (χ3v) is 6.33. The number of nitrogens with zero attached hydrogens (tertiary/aromatic N) is 2. The van der Waals surface area contributed by atoms with Crippen LogP contribution in [-0.4, -0.2) is 37.0 Å². The lowest BCUT2D eigenvalue weighted by Gasteiger charge is -2.27. The molecule has 4 rings (SSSR count). The van der Waals surface area contributed by atoms with Gasteiger partial charge in [-0.1, -0.05) is 24.3 Å². The van der Waals surface area contributed by atoms with Gasteiger partial charge >= 0.3 is 0 Å². The van der Waals surface area contributed by atoms with Crippen LogP contribution in [0.15, 0.2) is 72.3 Å². The van der Waals surface area contributed by atoms with E-state index in [4.69, 9.17) is 4.74 Å². The van der Waals surface area contributed by atoms with Gasteiger partial charge in [0.2, 0.25) is 0 Å². The first-order valence-corrected chi connectivity index (χ1v) is 11.6. The molecular formula is C28H26F2N2O4. The molecule has 0 spiro atoms. The van der Waals surface area contributed by atoms with Crippen LogP contribution < -0.4 is 14.5 Å². The number of carbonyl (C=O) groups excluding carboxylic acids is 2. The number of ketones is 1. The maximum absolute atomic E-state index is 14.1. The minimum absolute atomic E-state index is 0.00658. The Bertz CT molecular complexity index is 1330. The van der Waals surface area contributed by atoms with Crippen molar-refractivity contribution in [3.05, 3.63) is 95.1 Å². The number of carbonyl (C=O) groups is 2. The Labute approximate surface area is 208 Å². The van der Waals surface area contributed by atoms with E-state index >= 15 is 0 Å².